The zero-order chi connectivity index (χ0) is 15.1. The van der Waals surface area contributed by atoms with Crippen LogP contribution in [0.3, 0.4) is 0 Å². The van der Waals surface area contributed by atoms with Gasteiger partial charge in [-0.25, -0.2) is 9.59 Å². The highest BCUT2D eigenvalue weighted by molar-refractivity contribution is 5.82. The second kappa shape index (κ2) is 7.49. The van der Waals surface area contributed by atoms with Gasteiger partial charge in [-0.1, -0.05) is 30.3 Å². The molecule has 0 saturated heterocycles. The number of amides is 2. The molecular weight excluding hydrogens is 260 g/mol. The predicted octanol–water partition coefficient (Wildman–Crippen LogP) is 0.704. The van der Waals surface area contributed by atoms with Gasteiger partial charge >= 0.3 is 12.0 Å². The largest absolute Gasteiger partial charge is 0.480 e. The maximum absolute atomic E-state index is 11.9. The highest BCUT2D eigenvalue weighted by atomic mass is 16.4. The molecule has 1 aromatic rings. The molecular formula is C14H20N2O4. The van der Waals surface area contributed by atoms with Crippen LogP contribution >= 0.6 is 0 Å². The zero-order valence-electron chi connectivity index (χ0n) is 11.6. The van der Waals surface area contributed by atoms with Crippen LogP contribution in [0.25, 0.3) is 0 Å². The normalized spacial score (nSPS) is 13.3. The fourth-order valence-electron chi connectivity index (χ4n) is 1.62. The maximum atomic E-state index is 11.9. The van der Waals surface area contributed by atoms with Gasteiger partial charge in [-0.3, -0.25) is 0 Å². The number of benzene rings is 1. The number of nitrogens with one attached hydrogen (secondary N) is 1. The van der Waals surface area contributed by atoms with Gasteiger partial charge in [-0.2, -0.15) is 0 Å². The van der Waals surface area contributed by atoms with Crippen molar-refractivity contribution >= 4 is 12.0 Å². The summed E-state index contributed by atoms with van der Waals surface area (Å²) in [4.78, 5) is 24.4. The lowest BCUT2D eigenvalue weighted by Gasteiger charge is -2.25. The van der Waals surface area contributed by atoms with Crippen LogP contribution in [0.4, 0.5) is 4.79 Å². The number of carboxylic acid groups (broad SMARTS) is 1. The molecule has 2 amide bonds. The summed E-state index contributed by atoms with van der Waals surface area (Å²) in [6.07, 6.45) is 0.212. The molecule has 1 unspecified atom stereocenters. The van der Waals surface area contributed by atoms with Crippen molar-refractivity contribution in [2.24, 2.45) is 0 Å². The first-order valence-corrected chi connectivity index (χ1v) is 6.36. The molecule has 0 radical (unpaired) electrons. The third-order valence-electron chi connectivity index (χ3n) is 3.12. The van der Waals surface area contributed by atoms with E-state index < -0.39 is 18.0 Å². The van der Waals surface area contributed by atoms with Gasteiger partial charge in [0.05, 0.1) is 12.6 Å². The van der Waals surface area contributed by atoms with Gasteiger partial charge in [0.2, 0.25) is 0 Å². The van der Waals surface area contributed by atoms with Crippen molar-refractivity contribution in [3.8, 4) is 0 Å². The molecule has 3 N–H and O–H groups in total. The van der Waals surface area contributed by atoms with Gasteiger partial charge in [0.15, 0.2) is 0 Å². The van der Waals surface area contributed by atoms with Crippen LogP contribution in [0.1, 0.15) is 12.5 Å². The summed E-state index contributed by atoms with van der Waals surface area (Å²) < 4.78 is 0. The average molecular weight is 280 g/mol. The lowest BCUT2D eigenvalue weighted by atomic mass is 10.1. The Morgan fingerprint density at radius 2 is 1.90 bits per heavy atom. The first kappa shape index (κ1) is 16.0. The number of urea groups is 1. The first-order chi connectivity index (χ1) is 9.45. The van der Waals surface area contributed by atoms with Crippen LogP contribution in [0.2, 0.25) is 0 Å². The Hall–Kier alpha value is -2.08. The summed E-state index contributed by atoms with van der Waals surface area (Å²) in [6, 6.07) is 7.19. The standard InChI is InChI=1S/C14H20N2O4/c1-10(9-17)16(2)14(20)15-12(13(18)19)8-11-6-4-3-5-7-11/h3-7,10,12,17H,8-9H2,1-2H3,(H,15,20)(H,18,19)/t10?,12-/m1/s1. The number of carboxylic acids is 1. The Morgan fingerprint density at radius 1 is 1.30 bits per heavy atom. The van der Waals surface area contributed by atoms with Crippen molar-refractivity contribution in [3.05, 3.63) is 35.9 Å². The number of hydrogen-bond acceptors (Lipinski definition) is 3. The molecule has 1 rings (SSSR count). The van der Waals surface area contributed by atoms with Crippen molar-refractivity contribution < 1.29 is 19.8 Å². The van der Waals surface area contributed by atoms with Crippen molar-refractivity contribution in [1.82, 2.24) is 10.2 Å². The molecule has 20 heavy (non-hydrogen) atoms. The molecule has 1 aromatic carbocycles. The van der Waals surface area contributed by atoms with E-state index in [1.807, 2.05) is 30.3 Å². The smallest absolute Gasteiger partial charge is 0.326 e. The van der Waals surface area contributed by atoms with Crippen LogP contribution in [0.15, 0.2) is 30.3 Å². The molecule has 0 heterocycles. The number of aliphatic hydroxyl groups excluding tert-OH is 1. The molecule has 0 spiro atoms. The van der Waals surface area contributed by atoms with Gasteiger partial charge in [-0.15, -0.1) is 0 Å². The van der Waals surface area contributed by atoms with E-state index >= 15 is 0 Å². The van der Waals surface area contributed by atoms with E-state index in [1.165, 1.54) is 11.9 Å². The fourth-order valence-corrected chi connectivity index (χ4v) is 1.62. The molecule has 6 heteroatoms. The Labute approximate surface area is 118 Å². The summed E-state index contributed by atoms with van der Waals surface area (Å²) in [6.45, 7) is 1.49. The molecule has 0 aliphatic rings. The molecule has 0 fully saturated rings. The van der Waals surface area contributed by atoms with Crippen LogP contribution in [0, 0.1) is 0 Å². The Balaban J connectivity index is 2.68. The summed E-state index contributed by atoms with van der Waals surface area (Å²) in [7, 11) is 1.51. The minimum atomic E-state index is -1.09. The predicted molar refractivity (Wildman–Crippen MR) is 74.4 cm³/mol. The third-order valence-corrected chi connectivity index (χ3v) is 3.12. The average Bonchev–Trinajstić information content (AvgIpc) is 2.45. The first-order valence-electron chi connectivity index (χ1n) is 6.36. The molecule has 0 aliphatic heterocycles. The molecule has 0 bridgehead atoms. The van der Waals surface area contributed by atoms with Crippen LogP contribution in [-0.4, -0.2) is 52.9 Å². The summed E-state index contributed by atoms with van der Waals surface area (Å²) in [5, 5.41) is 20.6. The number of aliphatic hydroxyl groups is 1. The Kier molecular flexibility index (Phi) is 5.99. The number of carbonyl (C=O) groups excluding carboxylic acids is 1. The van der Waals surface area contributed by atoms with E-state index in [9.17, 15) is 14.7 Å². The Bertz CT molecular complexity index is 450. The number of nitrogens with zero attached hydrogens (tertiary/aromatic N) is 1. The van der Waals surface area contributed by atoms with E-state index in [0.29, 0.717) is 0 Å². The summed E-state index contributed by atoms with van der Waals surface area (Å²) in [5.74, 6) is -1.09. The second-order valence-corrected chi connectivity index (χ2v) is 4.67. The topological polar surface area (TPSA) is 89.9 Å². The van der Waals surface area contributed by atoms with Gasteiger partial charge < -0.3 is 20.4 Å². The van der Waals surface area contributed by atoms with E-state index in [1.54, 1.807) is 6.92 Å². The minimum absolute atomic E-state index is 0.180. The molecule has 6 nitrogen and oxygen atoms in total. The lowest BCUT2D eigenvalue weighted by molar-refractivity contribution is -0.139. The molecule has 2 atom stereocenters. The molecule has 0 saturated carbocycles. The van der Waals surface area contributed by atoms with Gasteiger partial charge in [0.25, 0.3) is 0 Å². The minimum Gasteiger partial charge on any atom is -0.480 e. The Morgan fingerprint density at radius 3 is 2.40 bits per heavy atom. The molecule has 0 aliphatic carbocycles. The lowest BCUT2D eigenvalue weighted by Crippen LogP contribution is -2.50. The maximum Gasteiger partial charge on any atom is 0.326 e. The zero-order valence-corrected chi connectivity index (χ0v) is 11.6. The van der Waals surface area contributed by atoms with Crippen LogP contribution in [0.5, 0.6) is 0 Å². The van der Waals surface area contributed by atoms with Crippen LogP contribution in [-0.2, 0) is 11.2 Å². The summed E-state index contributed by atoms with van der Waals surface area (Å²) in [5.41, 5.74) is 0.832. The number of rotatable bonds is 6. The van der Waals surface area contributed by atoms with Crippen LogP contribution < -0.4 is 5.32 Å². The van der Waals surface area contributed by atoms with Gasteiger partial charge in [-0.05, 0) is 12.5 Å². The quantitative estimate of drug-likeness (QED) is 0.715. The fraction of sp³-hybridized carbons (Fsp3) is 0.429. The number of likely N-dealkylation sites (N-methyl/N-ethyl adjacent to an activating group) is 1. The molecule has 110 valence electrons. The number of carbonyl (C=O) groups is 2. The highest BCUT2D eigenvalue weighted by Gasteiger charge is 2.23. The molecule has 0 aromatic heterocycles. The number of aliphatic carboxylic acids is 1. The van der Waals surface area contributed by atoms with E-state index in [-0.39, 0.29) is 19.1 Å². The van der Waals surface area contributed by atoms with Gasteiger partial charge in [0.1, 0.15) is 6.04 Å². The van der Waals surface area contributed by atoms with E-state index in [0.717, 1.165) is 5.56 Å². The van der Waals surface area contributed by atoms with Crippen molar-refractivity contribution in [2.75, 3.05) is 13.7 Å². The van der Waals surface area contributed by atoms with Crippen molar-refractivity contribution in [2.45, 2.75) is 25.4 Å². The van der Waals surface area contributed by atoms with E-state index in [2.05, 4.69) is 5.32 Å². The monoisotopic (exact) mass is 280 g/mol. The van der Waals surface area contributed by atoms with E-state index in [4.69, 9.17) is 5.11 Å². The summed E-state index contributed by atoms with van der Waals surface area (Å²) >= 11 is 0. The second-order valence-electron chi connectivity index (χ2n) is 4.67. The van der Waals surface area contributed by atoms with Crippen molar-refractivity contribution in [3.63, 3.8) is 0 Å². The number of hydrogen-bond donors (Lipinski definition) is 3. The SMILES string of the molecule is CC(CO)N(C)C(=O)N[C@H](Cc1ccccc1)C(=O)O. The third kappa shape index (κ3) is 4.55. The van der Waals surface area contributed by atoms with Crippen molar-refractivity contribution in [1.29, 1.82) is 0 Å². The highest BCUT2D eigenvalue weighted by Crippen LogP contribution is 2.04. The van der Waals surface area contributed by atoms with Gasteiger partial charge in [0, 0.05) is 13.5 Å².